The predicted octanol–water partition coefficient (Wildman–Crippen LogP) is 6.32. The summed E-state index contributed by atoms with van der Waals surface area (Å²) in [4.78, 5) is 4.14. The van der Waals surface area contributed by atoms with Gasteiger partial charge in [-0.3, -0.25) is 0 Å². The molecule has 0 N–H and O–H groups in total. The van der Waals surface area contributed by atoms with Gasteiger partial charge in [0, 0.05) is 0 Å². The van der Waals surface area contributed by atoms with Gasteiger partial charge in [-0.15, -0.1) is 11.3 Å². The van der Waals surface area contributed by atoms with Crippen molar-refractivity contribution in [3.8, 4) is 0 Å². The van der Waals surface area contributed by atoms with Gasteiger partial charge in [0.25, 0.3) is 0 Å². The Hall–Kier alpha value is -1.67. The summed E-state index contributed by atoms with van der Waals surface area (Å²) < 4.78 is 1.26. The van der Waals surface area contributed by atoms with Gasteiger partial charge in [-0.2, -0.15) is 0 Å². The minimum absolute atomic E-state index is 1.10. The molecule has 0 aliphatic heterocycles. The minimum atomic E-state index is 1.10. The third kappa shape index (κ3) is 6.54. The Morgan fingerprint density at radius 1 is 0.619 bits per heavy atom. The highest BCUT2D eigenvalue weighted by molar-refractivity contribution is 7.16. The Bertz CT molecular complexity index is 516. The van der Waals surface area contributed by atoms with E-state index in [0.717, 1.165) is 5.52 Å². The summed E-state index contributed by atoms with van der Waals surface area (Å²) in [6.45, 7) is 0. The van der Waals surface area contributed by atoms with Crippen LogP contribution in [0.1, 0.15) is 38.5 Å². The zero-order chi connectivity index (χ0) is 14.6. The van der Waals surface area contributed by atoms with Crippen molar-refractivity contribution < 1.29 is 0 Å². The standard InChI is InChI=1S/C7H5NS.C6H12.C6H6/c1-2-4-7-6(3-1)8-5-9-7;2*1-2-4-6-5-3-1/h1-5H;1-6H2;1-6H. The first-order valence-corrected chi connectivity index (χ1v) is 8.63. The van der Waals surface area contributed by atoms with Crippen LogP contribution in [0.15, 0.2) is 66.2 Å². The van der Waals surface area contributed by atoms with E-state index < -0.39 is 0 Å². The number of para-hydroxylation sites is 1. The van der Waals surface area contributed by atoms with E-state index in [1.807, 2.05) is 60.1 Å². The number of hydrogen-bond donors (Lipinski definition) is 0. The van der Waals surface area contributed by atoms with Gasteiger partial charge in [0.05, 0.1) is 15.7 Å². The molecule has 0 amide bonds. The van der Waals surface area contributed by atoms with Crippen LogP contribution in [0.4, 0.5) is 0 Å². The Morgan fingerprint density at radius 2 is 1.10 bits per heavy atom. The van der Waals surface area contributed by atoms with Crippen LogP contribution in [0.2, 0.25) is 0 Å². The molecule has 21 heavy (non-hydrogen) atoms. The second-order valence-electron chi connectivity index (χ2n) is 5.10. The molecule has 1 heterocycles. The van der Waals surface area contributed by atoms with Gasteiger partial charge in [0.15, 0.2) is 0 Å². The first-order chi connectivity index (χ1) is 10.5. The van der Waals surface area contributed by atoms with Gasteiger partial charge < -0.3 is 0 Å². The van der Waals surface area contributed by atoms with Gasteiger partial charge in [0.1, 0.15) is 0 Å². The maximum absolute atomic E-state index is 4.14. The fourth-order valence-corrected chi connectivity index (χ4v) is 2.93. The van der Waals surface area contributed by atoms with Crippen molar-refractivity contribution in [2.24, 2.45) is 0 Å². The molecule has 4 rings (SSSR count). The zero-order valence-electron chi connectivity index (χ0n) is 12.4. The molecule has 2 heteroatoms. The SMILES string of the molecule is C1CCCCC1.c1ccc2scnc2c1.c1ccccc1. The normalized spacial score (nSPS) is 13.5. The summed E-state index contributed by atoms with van der Waals surface area (Å²) in [5.74, 6) is 0. The summed E-state index contributed by atoms with van der Waals surface area (Å²) in [6.07, 6.45) is 9.00. The van der Waals surface area contributed by atoms with E-state index in [4.69, 9.17) is 0 Å². The number of nitrogens with zero attached hydrogens (tertiary/aromatic N) is 1. The van der Waals surface area contributed by atoms with Gasteiger partial charge in [0.2, 0.25) is 0 Å². The molecule has 0 radical (unpaired) electrons. The Labute approximate surface area is 131 Å². The highest BCUT2D eigenvalue weighted by atomic mass is 32.1. The Morgan fingerprint density at radius 3 is 1.57 bits per heavy atom. The van der Waals surface area contributed by atoms with E-state index in [-0.39, 0.29) is 0 Å². The van der Waals surface area contributed by atoms with Crippen LogP contribution in [0.3, 0.4) is 0 Å². The van der Waals surface area contributed by atoms with Crippen LogP contribution in [-0.2, 0) is 0 Å². The fourth-order valence-electron chi connectivity index (χ4n) is 2.25. The number of hydrogen-bond acceptors (Lipinski definition) is 2. The molecule has 1 nitrogen and oxygen atoms in total. The average Bonchev–Trinajstić information content (AvgIpc) is 3.08. The Balaban J connectivity index is 0.000000120. The van der Waals surface area contributed by atoms with Crippen LogP contribution in [0, 0.1) is 0 Å². The number of aromatic nitrogens is 1. The summed E-state index contributed by atoms with van der Waals surface area (Å²) >= 11 is 1.68. The van der Waals surface area contributed by atoms with Crippen LogP contribution in [-0.4, -0.2) is 4.98 Å². The molecule has 0 bridgehead atoms. The second-order valence-corrected chi connectivity index (χ2v) is 5.98. The molecule has 3 aromatic rings. The number of rotatable bonds is 0. The topological polar surface area (TPSA) is 12.9 Å². The number of thiazole rings is 1. The number of benzene rings is 2. The minimum Gasteiger partial charge on any atom is -0.245 e. The van der Waals surface area contributed by atoms with Crippen LogP contribution >= 0.6 is 11.3 Å². The molecular formula is C19H23NS. The van der Waals surface area contributed by atoms with E-state index in [1.54, 1.807) is 11.3 Å². The highest BCUT2D eigenvalue weighted by Crippen LogP contribution is 2.15. The molecule has 2 aromatic carbocycles. The second kappa shape index (κ2) is 10.1. The van der Waals surface area contributed by atoms with Gasteiger partial charge in [-0.25, -0.2) is 4.98 Å². The highest BCUT2D eigenvalue weighted by Gasteiger charge is 1.95. The first kappa shape index (κ1) is 15.7. The van der Waals surface area contributed by atoms with Crippen LogP contribution in [0.5, 0.6) is 0 Å². The molecular weight excluding hydrogens is 274 g/mol. The summed E-state index contributed by atoms with van der Waals surface area (Å²) in [5, 5.41) is 0. The van der Waals surface area contributed by atoms with Gasteiger partial charge in [-0.05, 0) is 12.1 Å². The molecule has 1 saturated carbocycles. The lowest BCUT2D eigenvalue weighted by atomic mass is 10.0. The maximum atomic E-state index is 4.14. The molecule has 1 aromatic heterocycles. The van der Waals surface area contributed by atoms with E-state index in [1.165, 1.54) is 43.2 Å². The summed E-state index contributed by atoms with van der Waals surface area (Å²) in [7, 11) is 0. The molecule has 1 aliphatic carbocycles. The van der Waals surface area contributed by atoms with E-state index in [0.29, 0.717) is 0 Å². The third-order valence-electron chi connectivity index (χ3n) is 3.40. The maximum Gasteiger partial charge on any atom is 0.0812 e. The lowest BCUT2D eigenvalue weighted by molar-refractivity contribution is 0.504. The molecule has 110 valence electrons. The molecule has 1 fully saturated rings. The fraction of sp³-hybridized carbons (Fsp3) is 0.316. The quantitative estimate of drug-likeness (QED) is 0.473. The Kier molecular flexibility index (Phi) is 7.57. The summed E-state index contributed by atoms with van der Waals surface area (Å²) in [5.41, 5.74) is 2.97. The van der Waals surface area contributed by atoms with Gasteiger partial charge >= 0.3 is 0 Å². The summed E-state index contributed by atoms with van der Waals surface area (Å²) in [6, 6.07) is 20.1. The molecule has 0 atom stereocenters. The largest absolute Gasteiger partial charge is 0.245 e. The van der Waals surface area contributed by atoms with Crippen molar-refractivity contribution in [3.63, 3.8) is 0 Å². The van der Waals surface area contributed by atoms with Crippen LogP contribution in [0.25, 0.3) is 10.2 Å². The van der Waals surface area contributed by atoms with E-state index in [9.17, 15) is 0 Å². The first-order valence-electron chi connectivity index (χ1n) is 7.75. The van der Waals surface area contributed by atoms with E-state index in [2.05, 4.69) is 11.1 Å². The number of fused-ring (bicyclic) bond motifs is 1. The van der Waals surface area contributed by atoms with E-state index >= 15 is 0 Å². The molecule has 1 aliphatic rings. The molecule has 0 spiro atoms. The van der Waals surface area contributed by atoms with Crippen molar-refractivity contribution in [3.05, 3.63) is 66.2 Å². The average molecular weight is 297 g/mol. The van der Waals surface area contributed by atoms with Crippen LogP contribution < -0.4 is 0 Å². The van der Waals surface area contributed by atoms with Crippen molar-refractivity contribution in [2.75, 3.05) is 0 Å². The third-order valence-corrected chi connectivity index (χ3v) is 4.21. The van der Waals surface area contributed by atoms with Gasteiger partial charge in [-0.1, -0.05) is 87.1 Å². The lowest BCUT2D eigenvalue weighted by Crippen LogP contribution is -1.85. The van der Waals surface area contributed by atoms with Crippen molar-refractivity contribution in [1.82, 2.24) is 4.98 Å². The van der Waals surface area contributed by atoms with Crippen molar-refractivity contribution in [1.29, 1.82) is 0 Å². The molecule has 0 unspecified atom stereocenters. The smallest absolute Gasteiger partial charge is 0.0812 e. The molecule has 0 saturated heterocycles. The lowest BCUT2D eigenvalue weighted by Gasteiger charge is -2.05. The van der Waals surface area contributed by atoms with Crippen molar-refractivity contribution >= 4 is 21.6 Å². The van der Waals surface area contributed by atoms with Crippen molar-refractivity contribution in [2.45, 2.75) is 38.5 Å². The zero-order valence-corrected chi connectivity index (χ0v) is 13.3. The monoisotopic (exact) mass is 297 g/mol. The predicted molar refractivity (Wildman–Crippen MR) is 93.8 cm³/mol.